The molecule has 3 nitrogen and oxygen atoms in total. The average molecular weight is 298 g/mol. The van der Waals surface area contributed by atoms with E-state index in [1.165, 1.54) is 19.3 Å². The molecular weight excluding hydrogens is 268 g/mol. The Kier molecular flexibility index (Phi) is 5.67. The fourth-order valence-corrected chi connectivity index (χ4v) is 6.04. The first-order valence-corrected chi connectivity index (χ1v) is 10.1. The van der Waals surface area contributed by atoms with Gasteiger partial charge in [0.25, 0.3) is 5.97 Å². The van der Waals surface area contributed by atoms with Gasteiger partial charge in [-0.1, -0.05) is 27.7 Å². The molecule has 0 aromatic carbocycles. The molecule has 1 aliphatic heterocycles. The molecule has 3 unspecified atom stereocenters. The van der Waals surface area contributed by atoms with Crippen LogP contribution in [0.15, 0.2) is 0 Å². The number of hydrogen-bond acceptors (Lipinski definition) is 3. The molecule has 1 heterocycles. The van der Waals surface area contributed by atoms with Crippen molar-refractivity contribution in [2.75, 3.05) is 0 Å². The van der Waals surface area contributed by atoms with Gasteiger partial charge in [-0.3, -0.25) is 4.79 Å². The summed E-state index contributed by atoms with van der Waals surface area (Å²) >= 11 is 0. The molecule has 1 saturated carbocycles. The summed E-state index contributed by atoms with van der Waals surface area (Å²) in [6.45, 7) is 8.72. The molecule has 0 radical (unpaired) electrons. The van der Waals surface area contributed by atoms with Crippen LogP contribution in [0.1, 0.15) is 66.2 Å². The highest BCUT2D eigenvalue weighted by molar-refractivity contribution is 6.56. The lowest BCUT2D eigenvalue weighted by Crippen LogP contribution is -2.28. The van der Waals surface area contributed by atoms with E-state index in [9.17, 15) is 4.79 Å². The van der Waals surface area contributed by atoms with Gasteiger partial charge in [0.05, 0.1) is 12.2 Å². The lowest BCUT2D eigenvalue weighted by molar-refractivity contribution is -0.135. The second-order valence-corrected chi connectivity index (χ2v) is 11.1. The second kappa shape index (κ2) is 7.08. The minimum atomic E-state index is -1.39. The third-order valence-corrected chi connectivity index (χ3v) is 7.85. The van der Waals surface area contributed by atoms with E-state index >= 15 is 0 Å². The third-order valence-electron chi connectivity index (χ3n) is 4.69. The topological polar surface area (TPSA) is 38.8 Å². The monoisotopic (exact) mass is 298 g/mol. The van der Waals surface area contributed by atoms with Gasteiger partial charge in [0.1, 0.15) is 0 Å². The Hall–Kier alpha value is -0.353. The Morgan fingerprint density at radius 1 is 1.20 bits per heavy atom. The molecule has 4 heteroatoms. The molecule has 1 aliphatic carbocycles. The molecule has 3 atom stereocenters. The summed E-state index contributed by atoms with van der Waals surface area (Å²) in [5.41, 5.74) is 1.06. The number of carbonyl (C=O) groups is 1. The largest absolute Gasteiger partial charge is 0.521 e. The summed E-state index contributed by atoms with van der Waals surface area (Å²) in [6.07, 6.45) is 7.62. The summed E-state index contributed by atoms with van der Waals surface area (Å²) in [5.74, 6) is 0.815. The van der Waals surface area contributed by atoms with Gasteiger partial charge in [-0.25, -0.2) is 0 Å². The number of epoxide rings is 1. The fourth-order valence-electron chi connectivity index (χ4n) is 3.54. The highest BCUT2D eigenvalue weighted by Crippen LogP contribution is 2.41. The van der Waals surface area contributed by atoms with Crippen molar-refractivity contribution in [1.29, 1.82) is 0 Å². The maximum atomic E-state index is 12.0. The Balaban J connectivity index is 1.61. The van der Waals surface area contributed by atoms with Gasteiger partial charge in [-0.15, -0.1) is 0 Å². The van der Waals surface area contributed by atoms with Crippen LogP contribution >= 0.6 is 0 Å². The summed E-state index contributed by atoms with van der Waals surface area (Å²) in [4.78, 5) is 12.0. The van der Waals surface area contributed by atoms with E-state index in [0.717, 1.165) is 18.8 Å². The minimum Gasteiger partial charge on any atom is -0.521 e. The van der Waals surface area contributed by atoms with Gasteiger partial charge < -0.3 is 9.16 Å². The van der Waals surface area contributed by atoms with Crippen LogP contribution in [0.25, 0.3) is 0 Å². The van der Waals surface area contributed by atoms with Gasteiger partial charge >= 0.3 is 0 Å². The van der Waals surface area contributed by atoms with E-state index < -0.39 is 9.04 Å². The zero-order chi connectivity index (χ0) is 14.7. The molecule has 116 valence electrons. The Bertz CT molecular complexity index is 322. The van der Waals surface area contributed by atoms with Crippen LogP contribution in [0.3, 0.4) is 0 Å². The van der Waals surface area contributed by atoms with Crippen LogP contribution in [-0.2, 0) is 14.0 Å². The van der Waals surface area contributed by atoms with Crippen molar-refractivity contribution in [3.05, 3.63) is 0 Å². The van der Waals surface area contributed by atoms with Crippen molar-refractivity contribution >= 4 is 15.0 Å². The van der Waals surface area contributed by atoms with Crippen molar-refractivity contribution in [3.63, 3.8) is 0 Å². The minimum absolute atomic E-state index is 0.0421. The maximum absolute atomic E-state index is 12.0. The first-order valence-electron chi connectivity index (χ1n) is 8.32. The number of carbonyl (C=O) groups excluding carboxylic acids is 1. The smallest absolute Gasteiger partial charge is 0.292 e. The SMILES string of the molecule is CC(C)[SiH](OC(=O)CCCC1CCC2OC2C1)C(C)C. The predicted molar refractivity (Wildman–Crippen MR) is 83.3 cm³/mol. The fraction of sp³-hybridized carbons (Fsp3) is 0.938. The van der Waals surface area contributed by atoms with Gasteiger partial charge in [0, 0.05) is 6.42 Å². The molecule has 2 fully saturated rings. The normalized spacial score (nSPS) is 28.9. The van der Waals surface area contributed by atoms with Crippen molar-refractivity contribution in [1.82, 2.24) is 0 Å². The molecule has 0 amide bonds. The molecule has 0 bridgehead atoms. The van der Waals surface area contributed by atoms with Gasteiger partial charge in [-0.05, 0) is 49.1 Å². The molecule has 1 saturated heterocycles. The van der Waals surface area contributed by atoms with Crippen molar-refractivity contribution in [3.8, 4) is 0 Å². The highest BCUT2D eigenvalue weighted by atomic mass is 28.3. The van der Waals surface area contributed by atoms with Crippen LogP contribution in [0.5, 0.6) is 0 Å². The van der Waals surface area contributed by atoms with Crippen LogP contribution in [-0.4, -0.2) is 27.2 Å². The van der Waals surface area contributed by atoms with Gasteiger partial charge in [0.2, 0.25) is 9.04 Å². The molecule has 0 aromatic rings. The molecule has 0 N–H and O–H groups in total. The van der Waals surface area contributed by atoms with Crippen LogP contribution < -0.4 is 0 Å². The highest BCUT2D eigenvalue weighted by Gasteiger charge is 2.43. The Labute approximate surface area is 125 Å². The van der Waals surface area contributed by atoms with E-state index in [1.807, 2.05) is 0 Å². The molecular formula is C16H30O3Si. The zero-order valence-corrected chi connectivity index (χ0v) is 14.6. The second-order valence-electron chi connectivity index (χ2n) is 7.23. The number of rotatable bonds is 7. The first-order chi connectivity index (χ1) is 9.47. The summed E-state index contributed by atoms with van der Waals surface area (Å²) in [5, 5.41) is 0. The third kappa shape index (κ3) is 4.59. The Morgan fingerprint density at radius 3 is 2.50 bits per heavy atom. The average Bonchev–Trinajstić information content (AvgIpc) is 3.13. The van der Waals surface area contributed by atoms with E-state index in [-0.39, 0.29) is 5.97 Å². The van der Waals surface area contributed by atoms with Crippen molar-refractivity contribution in [2.45, 2.75) is 89.5 Å². The van der Waals surface area contributed by atoms with Gasteiger partial charge in [0.15, 0.2) is 0 Å². The molecule has 2 rings (SSSR count). The number of ether oxygens (including phenoxy) is 1. The number of fused-ring (bicyclic) bond motifs is 1. The van der Waals surface area contributed by atoms with Crippen molar-refractivity contribution < 1.29 is 14.0 Å². The summed E-state index contributed by atoms with van der Waals surface area (Å²) < 4.78 is 11.3. The molecule has 2 aliphatic rings. The summed E-state index contributed by atoms with van der Waals surface area (Å²) in [7, 11) is -1.39. The first kappa shape index (κ1) is 16.0. The van der Waals surface area contributed by atoms with E-state index in [0.29, 0.717) is 29.7 Å². The number of hydrogen-bond donors (Lipinski definition) is 0. The maximum Gasteiger partial charge on any atom is 0.292 e. The zero-order valence-electron chi connectivity index (χ0n) is 13.4. The molecule has 20 heavy (non-hydrogen) atoms. The summed E-state index contributed by atoms with van der Waals surface area (Å²) in [6, 6.07) is 0. The standard InChI is InChI=1S/C16H30O3Si/c1-11(2)20(12(3)4)19-16(17)7-5-6-13-8-9-14-15(10-13)18-14/h11-15,20H,5-10H2,1-4H3. The molecule has 0 spiro atoms. The van der Waals surface area contributed by atoms with E-state index in [2.05, 4.69) is 27.7 Å². The predicted octanol–water partition coefficient (Wildman–Crippen LogP) is 3.81. The molecule has 0 aromatic heterocycles. The quantitative estimate of drug-likeness (QED) is 0.530. The van der Waals surface area contributed by atoms with Crippen LogP contribution in [0.4, 0.5) is 0 Å². The van der Waals surface area contributed by atoms with E-state index in [1.54, 1.807) is 0 Å². The van der Waals surface area contributed by atoms with Crippen LogP contribution in [0, 0.1) is 5.92 Å². The lowest BCUT2D eigenvalue weighted by Gasteiger charge is -2.23. The van der Waals surface area contributed by atoms with Crippen LogP contribution in [0.2, 0.25) is 11.1 Å². The Morgan fingerprint density at radius 2 is 1.90 bits per heavy atom. The van der Waals surface area contributed by atoms with Gasteiger partial charge in [-0.2, -0.15) is 0 Å². The van der Waals surface area contributed by atoms with Crippen molar-refractivity contribution in [2.24, 2.45) is 5.92 Å². The van der Waals surface area contributed by atoms with E-state index in [4.69, 9.17) is 9.16 Å². The lowest BCUT2D eigenvalue weighted by atomic mass is 9.86.